The SMILES string of the molecule is CCCCCn1cnc(=O)c2ncn(S)c21. The lowest BCUT2D eigenvalue weighted by Gasteiger charge is -2.07. The Morgan fingerprint density at radius 1 is 1.31 bits per heavy atom. The van der Waals surface area contributed by atoms with Crippen LogP contribution in [0, 0.1) is 0 Å². The largest absolute Gasteiger partial charge is 0.316 e. The highest BCUT2D eigenvalue weighted by molar-refractivity contribution is 7.78. The molecule has 0 aliphatic carbocycles. The molecule has 0 aromatic carbocycles. The lowest BCUT2D eigenvalue weighted by Crippen LogP contribution is -2.13. The first-order valence-electron chi connectivity index (χ1n) is 5.35. The van der Waals surface area contributed by atoms with E-state index in [1.54, 1.807) is 10.3 Å². The lowest BCUT2D eigenvalue weighted by molar-refractivity contribution is 0.602. The summed E-state index contributed by atoms with van der Waals surface area (Å²) in [4.78, 5) is 19.2. The minimum atomic E-state index is -0.297. The molecule has 0 atom stereocenters. The number of aromatic nitrogens is 4. The summed E-state index contributed by atoms with van der Waals surface area (Å²) >= 11 is 4.23. The van der Waals surface area contributed by atoms with E-state index in [1.165, 1.54) is 6.33 Å². The van der Waals surface area contributed by atoms with E-state index in [9.17, 15) is 4.79 Å². The molecule has 0 fully saturated rings. The molecule has 2 rings (SSSR count). The molecule has 0 bridgehead atoms. The van der Waals surface area contributed by atoms with Crippen molar-refractivity contribution in [1.29, 1.82) is 0 Å². The second-order valence-corrected chi connectivity index (χ2v) is 4.14. The summed E-state index contributed by atoms with van der Waals surface area (Å²) in [6.07, 6.45) is 6.47. The summed E-state index contributed by atoms with van der Waals surface area (Å²) in [5.74, 6) is 0. The number of unbranched alkanes of at least 4 members (excludes halogenated alkanes) is 2. The van der Waals surface area contributed by atoms with Crippen LogP contribution in [0.2, 0.25) is 0 Å². The average molecular weight is 238 g/mol. The molecule has 0 aliphatic rings. The zero-order valence-corrected chi connectivity index (χ0v) is 10.0. The minimum Gasteiger partial charge on any atom is -0.316 e. The first-order valence-corrected chi connectivity index (χ1v) is 5.75. The first kappa shape index (κ1) is 11.2. The quantitative estimate of drug-likeness (QED) is 0.648. The number of imidazole rings is 1. The summed E-state index contributed by atoms with van der Waals surface area (Å²) in [6.45, 7) is 2.99. The number of aryl methyl sites for hydroxylation is 1. The fraction of sp³-hybridized carbons (Fsp3) is 0.500. The van der Waals surface area contributed by atoms with Gasteiger partial charge < -0.3 is 4.57 Å². The summed E-state index contributed by atoms with van der Waals surface area (Å²) in [5, 5.41) is 0. The standard InChI is InChI=1S/C10H14N4OS/c1-2-3-4-5-13-6-12-9(15)8-10(13)14(16)7-11-8/h6-7,16H,2-5H2,1H3. The Kier molecular flexibility index (Phi) is 3.28. The fourth-order valence-electron chi connectivity index (χ4n) is 1.69. The van der Waals surface area contributed by atoms with Crippen molar-refractivity contribution in [2.45, 2.75) is 32.7 Å². The topological polar surface area (TPSA) is 52.7 Å². The molecule has 0 spiro atoms. The molecule has 0 N–H and O–H groups in total. The van der Waals surface area contributed by atoms with Gasteiger partial charge in [0.05, 0.1) is 0 Å². The van der Waals surface area contributed by atoms with Crippen LogP contribution in [0.15, 0.2) is 17.4 Å². The highest BCUT2D eigenvalue weighted by Gasteiger charge is 2.08. The molecule has 0 amide bonds. The van der Waals surface area contributed by atoms with Gasteiger partial charge in [-0.05, 0) is 6.42 Å². The van der Waals surface area contributed by atoms with Crippen molar-refractivity contribution in [2.24, 2.45) is 0 Å². The van der Waals surface area contributed by atoms with Crippen LogP contribution in [0.4, 0.5) is 0 Å². The number of hydrogen-bond donors (Lipinski definition) is 1. The molecule has 0 unspecified atom stereocenters. The van der Waals surface area contributed by atoms with Gasteiger partial charge in [-0.15, -0.1) is 0 Å². The van der Waals surface area contributed by atoms with E-state index < -0.39 is 0 Å². The van der Waals surface area contributed by atoms with E-state index >= 15 is 0 Å². The fourth-order valence-corrected chi connectivity index (χ4v) is 1.95. The van der Waals surface area contributed by atoms with Gasteiger partial charge in [0.1, 0.15) is 12.7 Å². The lowest BCUT2D eigenvalue weighted by atomic mass is 10.2. The van der Waals surface area contributed by atoms with Gasteiger partial charge in [-0.25, -0.2) is 4.98 Å². The Bertz CT molecular complexity index is 545. The number of thiol groups is 1. The summed E-state index contributed by atoms with van der Waals surface area (Å²) in [7, 11) is 0. The third-order valence-electron chi connectivity index (χ3n) is 2.52. The Hall–Kier alpha value is -1.30. The van der Waals surface area contributed by atoms with Crippen LogP contribution < -0.4 is 5.56 Å². The van der Waals surface area contributed by atoms with E-state index in [0.717, 1.165) is 31.5 Å². The number of nitrogens with zero attached hydrogens (tertiary/aromatic N) is 4. The number of rotatable bonds is 4. The van der Waals surface area contributed by atoms with E-state index in [1.807, 2.05) is 4.57 Å². The molecule has 2 heterocycles. The molecule has 2 aromatic heterocycles. The molecule has 86 valence electrons. The van der Waals surface area contributed by atoms with E-state index in [4.69, 9.17) is 0 Å². The maximum Gasteiger partial charge on any atom is 0.300 e. The molecule has 6 heteroatoms. The highest BCUT2D eigenvalue weighted by atomic mass is 32.1. The van der Waals surface area contributed by atoms with Gasteiger partial charge in [-0.2, -0.15) is 4.98 Å². The maximum atomic E-state index is 11.4. The molecule has 0 aliphatic heterocycles. The van der Waals surface area contributed by atoms with E-state index in [2.05, 4.69) is 29.7 Å². The molecule has 5 nitrogen and oxygen atoms in total. The van der Waals surface area contributed by atoms with Crippen LogP contribution in [-0.4, -0.2) is 18.5 Å². The van der Waals surface area contributed by atoms with Gasteiger partial charge in [0.25, 0.3) is 0 Å². The molecule has 16 heavy (non-hydrogen) atoms. The molecule has 0 saturated heterocycles. The van der Waals surface area contributed by atoms with Gasteiger partial charge in [-0.3, -0.25) is 8.77 Å². The van der Waals surface area contributed by atoms with Crippen molar-refractivity contribution >= 4 is 24.0 Å². The van der Waals surface area contributed by atoms with Crippen molar-refractivity contribution in [3.05, 3.63) is 23.0 Å². The maximum absolute atomic E-state index is 11.4. The highest BCUT2D eigenvalue weighted by Crippen LogP contribution is 2.10. The zero-order valence-electron chi connectivity index (χ0n) is 9.13. The molecular formula is C10H14N4OS. The van der Waals surface area contributed by atoms with Crippen LogP contribution in [-0.2, 0) is 6.54 Å². The van der Waals surface area contributed by atoms with Gasteiger partial charge in [-0.1, -0.05) is 32.6 Å². The Morgan fingerprint density at radius 2 is 2.12 bits per heavy atom. The van der Waals surface area contributed by atoms with Gasteiger partial charge >= 0.3 is 5.56 Å². The molecule has 0 saturated carbocycles. The smallest absolute Gasteiger partial charge is 0.300 e. The van der Waals surface area contributed by atoms with Crippen LogP contribution >= 0.6 is 12.8 Å². The monoisotopic (exact) mass is 238 g/mol. The first-order chi connectivity index (χ1) is 7.74. The second kappa shape index (κ2) is 4.69. The minimum absolute atomic E-state index is 0.297. The summed E-state index contributed by atoms with van der Waals surface area (Å²) < 4.78 is 3.48. The van der Waals surface area contributed by atoms with Crippen LogP contribution in [0.25, 0.3) is 11.2 Å². The van der Waals surface area contributed by atoms with Crippen molar-refractivity contribution < 1.29 is 0 Å². The third kappa shape index (κ3) is 1.97. The zero-order chi connectivity index (χ0) is 11.5. The van der Waals surface area contributed by atoms with E-state index in [0.29, 0.717) is 5.52 Å². The Labute approximate surface area is 98.7 Å². The number of fused-ring (bicyclic) bond motifs is 1. The predicted molar refractivity (Wildman–Crippen MR) is 65.7 cm³/mol. The normalized spacial score (nSPS) is 11.1. The van der Waals surface area contributed by atoms with Gasteiger partial charge in [0.15, 0.2) is 11.2 Å². The molecular weight excluding hydrogens is 224 g/mol. The van der Waals surface area contributed by atoms with Gasteiger partial charge in [0.2, 0.25) is 0 Å². The molecule has 2 aromatic rings. The second-order valence-electron chi connectivity index (χ2n) is 3.71. The van der Waals surface area contributed by atoms with Gasteiger partial charge in [0, 0.05) is 6.54 Å². The average Bonchev–Trinajstić information content (AvgIpc) is 2.66. The Balaban J connectivity index is 2.41. The van der Waals surface area contributed by atoms with Crippen molar-refractivity contribution in [3.8, 4) is 0 Å². The van der Waals surface area contributed by atoms with Crippen molar-refractivity contribution in [3.63, 3.8) is 0 Å². The summed E-state index contributed by atoms with van der Waals surface area (Å²) in [6, 6.07) is 0. The molecule has 0 radical (unpaired) electrons. The predicted octanol–water partition coefficient (Wildman–Crippen LogP) is 1.48. The van der Waals surface area contributed by atoms with Crippen LogP contribution in [0.3, 0.4) is 0 Å². The Morgan fingerprint density at radius 3 is 2.88 bits per heavy atom. The van der Waals surface area contributed by atoms with Crippen LogP contribution in [0.1, 0.15) is 26.2 Å². The van der Waals surface area contributed by atoms with Crippen molar-refractivity contribution in [1.82, 2.24) is 18.5 Å². The third-order valence-corrected chi connectivity index (χ3v) is 2.81. The van der Waals surface area contributed by atoms with Crippen LogP contribution in [0.5, 0.6) is 0 Å². The summed E-state index contributed by atoms with van der Waals surface area (Å²) in [5.41, 5.74) is 0.808. The van der Waals surface area contributed by atoms with Crippen molar-refractivity contribution in [2.75, 3.05) is 0 Å². The number of hydrogen-bond acceptors (Lipinski definition) is 4. The van der Waals surface area contributed by atoms with E-state index in [-0.39, 0.29) is 5.56 Å².